The minimum absolute atomic E-state index is 0.0652. The van der Waals surface area contributed by atoms with Crippen LogP contribution in [-0.2, 0) is 0 Å². The molecule has 2 atom stereocenters. The fraction of sp³-hybridized carbons (Fsp3) is 0.857. The molecule has 0 aromatic carbocycles. The van der Waals surface area contributed by atoms with E-state index in [-0.39, 0.29) is 11.9 Å². The van der Waals surface area contributed by atoms with Crippen molar-refractivity contribution in [3.8, 4) is 0 Å². The molecule has 72 valence electrons. The van der Waals surface area contributed by atoms with Crippen molar-refractivity contribution in [2.24, 2.45) is 10.9 Å². The van der Waals surface area contributed by atoms with Crippen molar-refractivity contribution in [3.63, 3.8) is 0 Å². The first-order chi connectivity index (χ1) is 5.61. The summed E-state index contributed by atoms with van der Waals surface area (Å²) in [7, 11) is 0. The monoisotopic (exact) mass is 191 g/mol. The lowest BCUT2D eigenvalue weighted by Gasteiger charge is -2.14. The van der Waals surface area contributed by atoms with Crippen LogP contribution in [0.15, 0.2) is 5.16 Å². The first-order valence-electron chi connectivity index (χ1n) is 3.85. The van der Waals surface area contributed by atoms with E-state index >= 15 is 0 Å². The fourth-order valence-electron chi connectivity index (χ4n) is 0.617. The minimum atomic E-state index is -0.0652. The highest BCUT2D eigenvalue weighted by Crippen LogP contribution is 2.02. The summed E-state index contributed by atoms with van der Waals surface area (Å²) < 4.78 is 0. The summed E-state index contributed by atoms with van der Waals surface area (Å²) in [5.41, 5.74) is 5.37. The van der Waals surface area contributed by atoms with Gasteiger partial charge in [-0.25, -0.2) is 0 Å². The Kier molecular flexibility index (Phi) is 5.92. The van der Waals surface area contributed by atoms with Crippen molar-refractivity contribution in [3.05, 3.63) is 0 Å². The smallest absolute Gasteiger partial charge is 0.156 e. The SMILES string of the molecule is CSC(C)CNC(C)C(N)=NO. The number of hydrogen-bond donors (Lipinski definition) is 3. The summed E-state index contributed by atoms with van der Waals surface area (Å²) in [5.74, 6) is 0.225. The molecule has 0 amide bonds. The van der Waals surface area contributed by atoms with Gasteiger partial charge in [0.15, 0.2) is 5.84 Å². The second-order valence-electron chi connectivity index (χ2n) is 2.70. The molecule has 0 saturated carbocycles. The van der Waals surface area contributed by atoms with E-state index < -0.39 is 0 Å². The predicted molar refractivity (Wildman–Crippen MR) is 53.9 cm³/mol. The van der Waals surface area contributed by atoms with E-state index in [0.29, 0.717) is 5.25 Å². The molecule has 0 fully saturated rings. The Morgan fingerprint density at radius 3 is 2.67 bits per heavy atom. The molecule has 0 aliphatic rings. The van der Waals surface area contributed by atoms with Gasteiger partial charge in [0.1, 0.15) is 0 Å². The number of nitrogens with zero attached hydrogens (tertiary/aromatic N) is 1. The van der Waals surface area contributed by atoms with E-state index in [4.69, 9.17) is 10.9 Å². The standard InChI is InChI=1S/C7H17N3OS/c1-5(12-3)4-9-6(2)7(8)10-11/h5-6,9,11H,4H2,1-3H3,(H2,8,10). The second-order valence-corrected chi connectivity index (χ2v) is 3.98. The molecule has 0 rings (SSSR count). The lowest BCUT2D eigenvalue weighted by Crippen LogP contribution is -2.41. The zero-order chi connectivity index (χ0) is 9.56. The van der Waals surface area contributed by atoms with Crippen molar-refractivity contribution in [2.75, 3.05) is 12.8 Å². The Balaban J connectivity index is 3.64. The highest BCUT2D eigenvalue weighted by Gasteiger charge is 2.07. The number of thioether (sulfide) groups is 1. The van der Waals surface area contributed by atoms with Gasteiger partial charge < -0.3 is 16.3 Å². The largest absolute Gasteiger partial charge is 0.409 e. The molecule has 0 aromatic rings. The Hall–Kier alpha value is -0.420. The van der Waals surface area contributed by atoms with E-state index in [2.05, 4.69) is 23.7 Å². The third-order valence-corrected chi connectivity index (χ3v) is 2.64. The molecule has 0 heterocycles. The zero-order valence-electron chi connectivity index (χ0n) is 7.74. The summed E-state index contributed by atoms with van der Waals surface area (Å²) in [6, 6.07) is -0.0652. The van der Waals surface area contributed by atoms with Gasteiger partial charge in [-0.3, -0.25) is 0 Å². The summed E-state index contributed by atoms with van der Waals surface area (Å²) in [5, 5.41) is 15.0. The van der Waals surface area contributed by atoms with Crippen LogP contribution in [0.25, 0.3) is 0 Å². The number of nitrogens with two attached hydrogens (primary N) is 1. The van der Waals surface area contributed by atoms with Crippen LogP contribution >= 0.6 is 11.8 Å². The number of rotatable bonds is 5. The quantitative estimate of drug-likeness (QED) is 0.255. The van der Waals surface area contributed by atoms with Gasteiger partial charge >= 0.3 is 0 Å². The first-order valence-corrected chi connectivity index (χ1v) is 5.14. The summed E-state index contributed by atoms with van der Waals surface area (Å²) >= 11 is 1.78. The summed E-state index contributed by atoms with van der Waals surface area (Å²) in [4.78, 5) is 0. The minimum Gasteiger partial charge on any atom is -0.409 e. The Labute approximate surface area is 77.6 Å². The van der Waals surface area contributed by atoms with Crippen LogP contribution < -0.4 is 11.1 Å². The molecule has 4 N–H and O–H groups in total. The molecule has 0 aromatic heterocycles. The summed E-state index contributed by atoms with van der Waals surface area (Å²) in [6.07, 6.45) is 2.06. The molecule has 4 nitrogen and oxygen atoms in total. The molecule has 0 spiro atoms. The topological polar surface area (TPSA) is 70.6 Å². The van der Waals surface area contributed by atoms with Gasteiger partial charge in [0.2, 0.25) is 0 Å². The van der Waals surface area contributed by atoms with Gasteiger partial charge in [0.05, 0.1) is 6.04 Å². The van der Waals surface area contributed by atoms with Gasteiger partial charge in [-0.1, -0.05) is 12.1 Å². The van der Waals surface area contributed by atoms with Crippen LogP contribution in [0.1, 0.15) is 13.8 Å². The normalized spacial score (nSPS) is 17.4. The average Bonchev–Trinajstić information content (AvgIpc) is 2.11. The molecular formula is C7H17N3OS. The highest BCUT2D eigenvalue weighted by atomic mass is 32.2. The Morgan fingerprint density at radius 1 is 1.67 bits per heavy atom. The van der Waals surface area contributed by atoms with Gasteiger partial charge in [-0.05, 0) is 13.2 Å². The molecule has 0 bridgehead atoms. The van der Waals surface area contributed by atoms with Gasteiger partial charge in [0.25, 0.3) is 0 Å². The van der Waals surface area contributed by atoms with Crippen LogP contribution in [0.5, 0.6) is 0 Å². The maximum Gasteiger partial charge on any atom is 0.156 e. The highest BCUT2D eigenvalue weighted by molar-refractivity contribution is 7.99. The van der Waals surface area contributed by atoms with Crippen molar-refractivity contribution in [1.82, 2.24) is 5.32 Å². The number of nitrogens with one attached hydrogen (secondary N) is 1. The molecule has 0 saturated heterocycles. The van der Waals surface area contributed by atoms with Crippen LogP contribution in [0, 0.1) is 0 Å². The molecule has 12 heavy (non-hydrogen) atoms. The van der Waals surface area contributed by atoms with Gasteiger partial charge in [-0.15, -0.1) is 0 Å². The van der Waals surface area contributed by atoms with Crippen LogP contribution in [0.2, 0.25) is 0 Å². The van der Waals surface area contributed by atoms with E-state index in [1.807, 2.05) is 6.92 Å². The van der Waals surface area contributed by atoms with Crippen LogP contribution in [0.3, 0.4) is 0 Å². The lowest BCUT2D eigenvalue weighted by molar-refractivity contribution is 0.315. The number of amidine groups is 1. The number of oxime groups is 1. The fourth-order valence-corrected chi connectivity index (χ4v) is 0.880. The molecule has 0 radical (unpaired) electrons. The molecule has 0 aliphatic carbocycles. The molecule has 5 heteroatoms. The number of hydrogen-bond acceptors (Lipinski definition) is 4. The summed E-state index contributed by atoms with van der Waals surface area (Å²) in [6.45, 7) is 4.84. The third-order valence-electron chi connectivity index (χ3n) is 1.67. The average molecular weight is 191 g/mol. The zero-order valence-corrected chi connectivity index (χ0v) is 8.56. The van der Waals surface area contributed by atoms with Crippen LogP contribution in [0.4, 0.5) is 0 Å². The van der Waals surface area contributed by atoms with E-state index in [1.54, 1.807) is 11.8 Å². The van der Waals surface area contributed by atoms with Crippen molar-refractivity contribution in [1.29, 1.82) is 0 Å². The van der Waals surface area contributed by atoms with Gasteiger partial charge in [0, 0.05) is 11.8 Å². The van der Waals surface area contributed by atoms with E-state index in [9.17, 15) is 0 Å². The van der Waals surface area contributed by atoms with Crippen molar-refractivity contribution in [2.45, 2.75) is 25.1 Å². The van der Waals surface area contributed by atoms with Crippen molar-refractivity contribution >= 4 is 17.6 Å². The van der Waals surface area contributed by atoms with E-state index in [0.717, 1.165) is 6.54 Å². The van der Waals surface area contributed by atoms with Gasteiger partial charge in [-0.2, -0.15) is 11.8 Å². The molecule has 2 unspecified atom stereocenters. The van der Waals surface area contributed by atoms with E-state index in [1.165, 1.54) is 0 Å². The lowest BCUT2D eigenvalue weighted by atomic mass is 10.3. The first kappa shape index (κ1) is 11.6. The molecule has 0 aliphatic heterocycles. The Morgan fingerprint density at radius 2 is 2.25 bits per heavy atom. The Bertz CT molecular complexity index is 152. The third kappa shape index (κ3) is 4.46. The second kappa shape index (κ2) is 6.14. The predicted octanol–water partition coefficient (Wildman–Crippen LogP) is 0.462. The molecular weight excluding hydrogens is 174 g/mol. The van der Waals surface area contributed by atoms with Crippen LogP contribution in [-0.4, -0.2) is 35.1 Å². The van der Waals surface area contributed by atoms with Crippen molar-refractivity contribution < 1.29 is 5.21 Å². The maximum absolute atomic E-state index is 8.35. The maximum atomic E-state index is 8.35.